The van der Waals surface area contributed by atoms with Crippen molar-refractivity contribution in [2.75, 3.05) is 25.0 Å². The fourth-order valence-corrected chi connectivity index (χ4v) is 3.65. The van der Waals surface area contributed by atoms with Crippen LogP contribution in [0.15, 0.2) is 0 Å². The summed E-state index contributed by atoms with van der Waals surface area (Å²) in [5.41, 5.74) is 0.548. The zero-order chi connectivity index (χ0) is 11.4. The summed E-state index contributed by atoms with van der Waals surface area (Å²) < 4.78 is 0. The van der Waals surface area contributed by atoms with Gasteiger partial charge in [-0.05, 0) is 31.1 Å². The Morgan fingerprint density at radius 3 is 2.38 bits per heavy atom. The molecule has 0 atom stereocenters. The first-order valence-electron chi connectivity index (χ1n) is 6.70. The van der Waals surface area contributed by atoms with Gasteiger partial charge in [0.2, 0.25) is 0 Å². The van der Waals surface area contributed by atoms with Crippen molar-refractivity contribution in [1.29, 1.82) is 0 Å². The second-order valence-electron chi connectivity index (χ2n) is 5.62. The third-order valence-electron chi connectivity index (χ3n) is 4.26. The highest BCUT2D eigenvalue weighted by Crippen LogP contribution is 2.48. The second-order valence-corrected chi connectivity index (χ2v) is 6.18. The van der Waals surface area contributed by atoms with Crippen LogP contribution in [0.2, 0.25) is 0 Å². The van der Waals surface area contributed by atoms with Gasteiger partial charge in [0, 0.05) is 24.5 Å². The van der Waals surface area contributed by atoms with Gasteiger partial charge in [0.05, 0.1) is 6.61 Å². The molecule has 0 radical (unpaired) electrons. The van der Waals surface area contributed by atoms with Crippen molar-refractivity contribution >= 4 is 15.9 Å². The van der Waals surface area contributed by atoms with Gasteiger partial charge in [0.15, 0.2) is 0 Å². The van der Waals surface area contributed by atoms with E-state index in [-0.39, 0.29) is 0 Å². The lowest BCUT2D eigenvalue weighted by Crippen LogP contribution is -2.42. The number of alkyl halides is 1. The maximum atomic E-state index is 9.20. The number of nitrogens with zero attached hydrogens (tertiary/aromatic N) is 1. The molecule has 2 saturated carbocycles. The highest BCUT2D eigenvalue weighted by molar-refractivity contribution is 9.09. The van der Waals surface area contributed by atoms with E-state index < -0.39 is 0 Å². The molecule has 16 heavy (non-hydrogen) atoms. The van der Waals surface area contributed by atoms with Crippen LogP contribution in [0.25, 0.3) is 0 Å². The van der Waals surface area contributed by atoms with Crippen LogP contribution in [0.4, 0.5) is 0 Å². The molecule has 2 aliphatic rings. The largest absolute Gasteiger partial charge is 0.395 e. The maximum absolute atomic E-state index is 9.20. The van der Waals surface area contributed by atoms with Gasteiger partial charge in [0.1, 0.15) is 0 Å². The summed E-state index contributed by atoms with van der Waals surface area (Å²) in [7, 11) is 0. The highest BCUT2D eigenvalue weighted by atomic mass is 79.9. The molecule has 2 rings (SSSR count). The van der Waals surface area contributed by atoms with E-state index in [9.17, 15) is 5.11 Å². The van der Waals surface area contributed by atoms with Gasteiger partial charge in [-0.1, -0.05) is 35.2 Å². The molecule has 94 valence electrons. The van der Waals surface area contributed by atoms with Crippen LogP contribution in [0.3, 0.4) is 0 Å². The Labute approximate surface area is 108 Å². The number of hydrogen-bond donors (Lipinski definition) is 1. The van der Waals surface area contributed by atoms with Crippen LogP contribution in [0.5, 0.6) is 0 Å². The van der Waals surface area contributed by atoms with E-state index in [0.717, 1.165) is 17.9 Å². The first-order valence-corrected chi connectivity index (χ1v) is 7.83. The van der Waals surface area contributed by atoms with Crippen LogP contribution in [0, 0.1) is 5.41 Å². The van der Waals surface area contributed by atoms with Crippen LogP contribution < -0.4 is 0 Å². The van der Waals surface area contributed by atoms with Gasteiger partial charge >= 0.3 is 0 Å². The minimum absolute atomic E-state index is 0.314. The maximum Gasteiger partial charge on any atom is 0.0558 e. The lowest BCUT2D eigenvalue weighted by atomic mass is 9.93. The Morgan fingerprint density at radius 1 is 1.19 bits per heavy atom. The molecular formula is C13H24BrNO. The van der Waals surface area contributed by atoms with Crippen molar-refractivity contribution in [3.63, 3.8) is 0 Å². The fraction of sp³-hybridized carbons (Fsp3) is 1.00. The summed E-state index contributed by atoms with van der Waals surface area (Å²) >= 11 is 3.65. The average molecular weight is 290 g/mol. The molecule has 0 amide bonds. The van der Waals surface area contributed by atoms with E-state index in [1.165, 1.54) is 51.5 Å². The number of halogens is 1. The molecule has 1 N–H and O–H groups in total. The summed E-state index contributed by atoms with van der Waals surface area (Å²) in [5.74, 6) is 0. The summed E-state index contributed by atoms with van der Waals surface area (Å²) in [6.07, 6.45) is 9.60. The first-order chi connectivity index (χ1) is 7.79. The van der Waals surface area contributed by atoms with Gasteiger partial charge in [-0.3, -0.25) is 4.90 Å². The average Bonchev–Trinajstić information content (AvgIpc) is 3.10. The molecule has 0 heterocycles. The van der Waals surface area contributed by atoms with Crippen molar-refractivity contribution in [2.24, 2.45) is 5.41 Å². The first kappa shape index (κ1) is 12.8. The quantitative estimate of drug-likeness (QED) is 0.760. The molecule has 0 aromatic rings. The zero-order valence-electron chi connectivity index (χ0n) is 10.1. The van der Waals surface area contributed by atoms with Gasteiger partial charge in [-0.25, -0.2) is 0 Å². The lowest BCUT2D eigenvalue weighted by molar-refractivity contribution is 0.105. The third-order valence-corrected chi connectivity index (χ3v) is 5.45. The second kappa shape index (κ2) is 5.83. The Morgan fingerprint density at radius 2 is 1.88 bits per heavy atom. The van der Waals surface area contributed by atoms with Crippen molar-refractivity contribution in [2.45, 2.75) is 51.0 Å². The van der Waals surface area contributed by atoms with E-state index in [0.29, 0.717) is 12.0 Å². The molecule has 0 spiro atoms. The standard InChI is InChI=1S/C13H24BrNO/c14-10-13(6-7-13)11-15(8-9-16)12-4-2-1-3-5-12/h12,16H,1-11H2. The van der Waals surface area contributed by atoms with Crippen molar-refractivity contribution < 1.29 is 5.11 Å². The highest BCUT2D eigenvalue weighted by Gasteiger charge is 2.43. The van der Waals surface area contributed by atoms with Gasteiger partial charge < -0.3 is 5.11 Å². The zero-order valence-corrected chi connectivity index (χ0v) is 11.7. The molecule has 2 aliphatic carbocycles. The Kier molecular flexibility index (Phi) is 4.68. The molecule has 0 saturated heterocycles. The molecule has 3 heteroatoms. The van der Waals surface area contributed by atoms with Crippen molar-refractivity contribution in [3.8, 4) is 0 Å². The van der Waals surface area contributed by atoms with Gasteiger partial charge in [0.25, 0.3) is 0 Å². The van der Waals surface area contributed by atoms with Crippen molar-refractivity contribution in [1.82, 2.24) is 4.90 Å². The molecule has 2 nitrogen and oxygen atoms in total. The topological polar surface area (TPSA) is 23.5 Å². The molecule has 2 fully saturated rings. The molecule has 0 bridgehead atoms. The lowest BCUT2D eigenvalue weighted by Gasteiger charge is -2.36. The molecule has 0 aliphatic heterocycles. The molecule has 0 aromatic carbocycles. The summed E-state index contributed by atoms with van der Waals surface area (Å²) in [4.78, 5) is 2.56. The Hall–Kier alpha value is 0.400. The molecular weight excluding hydrogens is 266 g/mol. The summed E-state index contributed by atoms with van der Waals surface area (Å²) in [5, 5.41) is 10.3. The summed E-state index contributed by atoms with van der Waals surface area (Å²) in [6, 6.07) is 0.748. The van der Waals surface area contributed by atoms with Crippen LogP contribution in [-0.2, 0) is 0 Å². The van der Waals surface area contributed by atoms with Gasteiger partial charge in [-0.2, -0.15) is 0 Å². The summed E-state index contributed by atoms with van der Waals surface area (Å²) in [6.45, 7) is 2.39. The predicted molar refractivity (Wildman–Crippen MR) is 71.0 cm³/mol. The van der Waals surface area contributed by atoms with E-state index in [4.69, 9.17) is 0 Å². The van der Waals surface area contributed by atoms with E-state index >= 15 is 0 Å². The molecule has 0 aromatic heterocycles. The third kappa shape index (κ3) is 3.21. The SMILES string of the molecule is OCCN(CC1(CBr)CC1)C1CCCCC1. The Bertz CT molecular complexity index is 212. The smallest absolute Gasteiger partial charge is 0.0558 e. The minimum atomic E-state index is 0.314. The van der Waals surface area contributed by atoms with Gasteiger partial charge in [-0.15, -0.1) is 0 Å². The van der Waals surface area contributed by atoms with Crippen LogP contribution in [-0.4, -0.2) is 41.1 Å². The van der Waals surface area contributed by atoms with E-state index in [1.54, 1.807) is 0 Å². The van der Waals surface area contributed by atoms with Crippen molar-refractivity contribution in [3.05, 3.63) is 0 Å². The van der Waals surface area contributed by atoms with E-state index in [1.807, 2.05) is 0 Å². The number of aliphatic hydroxyl groups excluding tert-OH is 1. The Balaban J connectivity index is 1.87. The predicted octanol–water partition coefficient (Wildman–Crippen LogP) is 2.79. The van der Waals surface area contributed by atoms with E-state index in [2.05, 4.69) is 20.8 Å². The molecule has 0 unspecified atom stereocenters. The van der Waals surface area contributed by atoms with Crippen LogP contribution >= 0.6 is 15.9 Å². The number of aliphatic hydroxyl groups is 1. The normalized spacial score (nSPS) is 24.9. The number of hydrogen-bond acceptors (Lipinski definition) is 2. The minimum Gasteiger partial charge on any atom is -0.395 e. The fourth-order valence-electron chi connectivity index (χ4n) is 2.91. The van der Waals surface area contributed by atoms with Crippen LogP contribution in [0.1, 0.15) is 44.9 Å². The monoisotopic (exact) mass is 289 g/mol. The number of rotatable bonds is 6.